The molecule has 0 saturated heterocycles. The van der Waals surface area contributed by atoms with E-state index >= 15 is 0 Å². The lowest BCUT2D eigenvalue weighted by atomic mass is 9.48. The number of pyridine rings is 1. The van der Waals surface area contributed by atoms with E-state index in [1.54, 1.807) is 24.5 Å². The Morgan fingerprint density at radius 3 is 2.67 bits per heavy atom. The van der Waals surface area contributed by atoms with Gasteiger partial charge in [0.1, 0.15) is 0 Å². The monoisotopic (exact) mass is 407 g/mol. The van der Waals surface area contributed by atoms with Gasteiger partial charge >= 0.3 is 0 Å². The van der Waals surface area contributed by atoms with Gasteiger partial charge in [-0.25, -0.2) is 5.43 Å². The molecule has 0 aromatic carbocycles. The Balaban J connectivity index is 1.36. The van der Waals surface area contributed by atoms with Gasteiger partial charge < -0.3 is 5.11 Å². The van der Waals surface area contributed by atoms with E-state index in [-0.39, 0.29) is 22.8 Å². The molecule has 3 saturated carbocycles. The molecular weight excluding hydrogens is 374 g/mol. The van der Waals surface area contributed by atoms with Crippen LogP contribution in [0.1, 0.15) is 75.6 Å². The number of carbonyl (C=O) groups is 1. The third-order valence-corrected chi connectivity index (χ3v) is 9.05. The summed E-state index contributed by atoms with van der Waals surface area (Å²) in [6.45, 7) is 4.84. The van der Waals surface area contributed by atoms with Crippen molar-refractivity contribution in [1.82, 2.24) is 10.4 Å². The number of aliphatic hydroxyl groups excluding tert-OH is 1. The van der Waals surface area contributed by atoms with Gasteiger partial charge in [0.2, 0.25) is 0 Å². The summed E-state index contributed by atoms with van der Waals surface area (Å²) < 4.78 is 0. The van der Waals surface area contributed by atoms with Crippen molar-refractivity contribution < 1.29 is 9.90 Å². The SMILES string of the molecule is CC12CCC(O)CC1=CCC1C2CCC2(C)C(=NNC(=O)c3ccncc3)CCC12. The second-order valence-electron chi connectivity index (χ2n) is 10.4. The van der Waals surface area contributed by atoms with Crippen LogP contribution in [-0.2, 0) is 0 Å². The minimum Gasteiger partial charge on any atom is -0.393 e. The first-order valence-electron chi connectivity index (χ1n) is 11.6. The van der Waals surface area contributed by atoms with E-state index < -0.39 is 0 Å². The molecule has 5 heteroatoms. The van der Waals surface area contributed by atoms with Crippen molar-refractivity contribution in [3.63, 3.8) is 0 Å². The zero-order valence-corrected chi connectivity index (χ0v) is 18.1. The van der Waals surface area contributed by atoms with Gasteiger partial charge in [-0.1, -0.05) is 25.5 Å². The number of allylic oxidation sites excluding steroid dienone is 1. The molecule has 1 heterocycles. The average Bonchev–Trinajstić information content (AvgIpc) is 3.09. The topological polar surface area (TPSA) is 74.6 Å². The molecule has 0 spiro atoms. The predicted octanol–water partition coefficient (Wildman–Crippen LogP) is 4.49. The highest BCUT2D eigenvalue weighted by atomic mass is 16.3. The van der Waals surface area contributed by atoms with E-state index in [0.717, 1.165) is 38.5 Å². The number of nitrogens with zero attached hydrogens (tertiary/aromatic N) is 2. The number of aliphatic hydroxyl groups is 1. The maximum atomic E-state index is 12.4. The molecular formula is C25H33N3O2. The second kappa shape index (κ2) is 7.30. The summed E-state index contributed by atoms with van der Waals surface area (Å²) in [7, 11) is 0. The number of amides is 1. The van der Waals surface area contributed by atoms with E-state index in [4.69, 9.17) is 0 Å². The highest BCUT2D eigenvalue weighted by Crippen LogP contribution is 2.64. The molecule has 0 aliphatic heterocycles. The number of hydrogen-bond donors (Lipinski definition) is 2. The number of hydrogen-bond acceptors (Lipinski definition) is 4. The van der Waals surface area contributed by atoms with Crippen LogP contribution in [0.2, 0.25) is 0 Å². The van der Waals surface area contributed by atoms with Gasteiger partial charge in [-0.3, -0.25) is 9.78 Å². The lowest BCUT2D eigenvalue weighted by Gasteiger charge is -2.57. The smallest absolute Gasteiger partial charge is 0.271 e. The van der Waals surface area contributed by atoms with Gasteiger partial charge in [-0.15, -0.1) is 0 Å². The Labute approximate surface area is 179 Å². The first-order chi connectivity index (χ1) is 14.4. The lowest BCUT2D eigenvalue weighted by molar-refractivity contribution is -0.0209. The highest BCUT2D eigenvalue weighted by Gasteiger charge is 2.57. The van der Waals surface area contributed by atoms with Crippen LogP contribution in [0, 0.1) is 28.6 Å². The fourth-order valence-corrected chi connectivity index (χ4v) is 7.30. The van der Waals surface area contributed by atoms with Gasteiger partial charge in [0, 0.05) is 29.1 Å². The first kappa shape index (κ1) is 19.9. The summed E-state index contributed by atoms with van der Waals surface area (Å²) in [6, 6.07) is 3.43. The molecule has 160 valence electrons. The quantitative estimate of drug-likeness (QED) is 0.560. The number of aromatic nitrogens is 1. The van der Waals surface area contributed by atoms with Crippen molar-refractivity contribution in [2.45, 2.75) is 71.3 Å². The van der Waals surface area contributed by atoms with Crippen LogP contribution in [0.25, 0.3) is 0 Å². The Morgan fingerprint density at radius 2 is 1.87 bits per heavy atom. The number of fused-ring (bicyclic) bond motifs is 5. The molecule has 1 aromatic rings. The predicted molar refractivity (Wildman–Crippen MR) is 117 cm³/mol. The fourth-order valence-electron chi connectivity index (χ4n) is 7.30. The number of rotatable bonds is 2. The van der Waals surface area contributed by atoms with E-state index in [2.05, 4.69) is 35.4 Å². The van der Waals surface area contributed by atoms with Crippen molar-refractivity contribution in [3.8, 4) is 0 Å². The van der Waals surface area contributed by atoms with Crippen LogP contribution in [-0.4, -0.2) is 27.8 Å². The molecule has 0 radical (unpaired) electrons. The third-order valence-electron chi connectivity index (χ3n) is 9.05. The Kier molecular flexibility index (Phi) is 4.85. The van der Waals surface area contributed by atoms with E-state index in [0.29, 0.717) is 23.3 Å². The van der Waals surface area contributed by atoms with E-state index in [9.17, 15) is 9.90 Å². The summed E-state index contributed by atoms with van der Waals surface area (Å²) in [5.74, 6) is 1.88. The third kappa shape index (κ3) is 3.05. The standard InChI is InChI=1S/C25H33N3O2/c1-24-11-7-18(29)15-17(24)3-4-19-20-5-6-22(25(20,2)12-8-21(19)24)27-28-23(30)16-9-13-26-14-10-16/h3,9-10,13-14,18-21,29H,4-8,11-12,15H2,1-2H3,(H,28,30). The largest absolute Gasteiger partial charge is 0.393 e. The number of nitrogens with one attached hydrogen (secondary N) is 1. The van der Waals surface area contributed by atoms with E-state index in [1.165, 1.54) is 24.1 Å². The summed E-state index contributed by atoms with van der Waals surface area (Å²) in [6.07, 6.45) is 14.2. The minimum absolute atomic E-state index is 0.0859. The molecule has 5 rings (SSSR count). The van der Waals surface area contributed by atoms with Crippen molar-refractivity contribution in [3.05, 3.63) is 41.7 Å². The molecule has 5 nitrogen and oxygen atoms in total. The molecule has 4 aliphatic carbocycles. The van der Waals surface area contributed by atoms with Crippen LogP contribution in [0.15, 0.2) is 41.3 Å². The van der Waals surface area contributed by atoms with E-state index in [1.807, 2.05) is 0 Å². The molecule has 3 fully saturated rings. The van der Waals surface area contributed by atoms with Crippen LogP contribution in [0.3, 0.4) is 0 Å². The zero-order valence-electron chi connectivity index (χ0n) is 18.1. The summed E-state index contributed by atoms with van der Waals surface area (Å²) >= 11 is 0. The Hall–Kier alpha value is -2.01. The molecule has 1 aromatic heterocycles. The minimum atomic E-state index is -0.163. The Morgan fingerprint density at radius 1 is 1.13 bits per heavy atom. The van der Waals surface area contributed by atoms with Crippen molar-refractivity contribution in [2.75, 3.05) is 0 Å². The van der Waals surface area contributed by atoms with Crippen molar-refractivity contribution in [2.24, 2.45) is 33.7 Å². The van der Waals surface area contributed by atoms with Gasteiger partial charge in [0.05, 0.1) is 6.10 Å². The Bertz CT molecular complexity index is 895. The lowest BCUT2D eigenvalue weighted by Crippen LogP contribution is -2.50. The molecule has 0 bridgehead atoms. The number of carbonyl (C=O) groups excluding carboxylic acids is 1. The van der Waals surface area contributed by atoms with Crippen LogP contribution < -0.4 is 5.43 Å². The van der Waals surface area contributed by atoms with Crippen molar-refractivity contribution >= 4 is 11.6 Å². The summed E-state index contributed by atoms with van der Waals surface area (Å²) in [4.78, 5) is 16.4. The summed E-state index contributed by atoms with van der Waals surface area (Å²) in [5.41, 5.74) is 6.44. The highest BCUT2D eigenvalue weighted by molar-refractivity contribution is 5.97. The first-order valence-corrected chi connectivity index (χ1v) is 11.6. The average molecular weight is 408 g/mol. The zero-order chi connectivity index (χ0) is 20.9. The van der Waals surface area contributed by atoms with Gasteiger partial charge in [0.15, 0.2) is 0 Å². The van der Waals surface area contributed by atoms with Crippen LogP contribution in [0.4, 0.5) is 0 Å². The van der Waals surface area contributed by atoms with Gasteiger partial charge in [-0.05, 0) is 86.7 Å². The van der Waals surface area contributed by atoms with Crippen molar-refractivity contribution in [1.29, 1.82) is 0 Å². The molecule has 2 N–H and O–H groups in total. The fraction of sp³-hybridized carbons (Fsp3) is 0.640. The normalized spacial score (nSPS) is 41.4. The maximum Gasteiger partial charge on any atom is 0.271 e. The number of hydrazone groups is 1. The molecule has 1 amide bonds. The van der Waals surface area contributed by atoms with Gasteiger partial charge in [-0.2, -0.15) is 5.10 Å². The van der Waals surface area contributed by atoms with Crippen LogP contribution in [0.5, 0.6) is 0 Å². The molecule has 4 aliphatic rings. The summed E-state index contributed by atoms with van der Waals surface area (Å²) in [5, 5.41) is 14.8. The molecule has 30 heavy (non-hydrogen) atoms. The second-order valence-corrected chi connectivity index (χ2v) is 10.4. The maximum absolute atomic E-state index is 12.4. The van der Waals surface area contributed by atoms with Crippen LogP contribution >= 0.6 is 0 Å². The molecule has 6 atom stereocenters. The van der Waals surface area contributed by atoms with Gasteiger partial charge in [0.25, 0.3) is 5.91 Å². The molecule has 6 unspecified atom stereocenters.